The predicted molar refractivity (Wildman–Crippen MR) is 57.0 cm³/mol. The molecule has 0 saturated heterocycles. The van der Waals surface area contributed by atoms with Crippen LogP contribution in [0.3, 0.4) is 0 Å². The summed E-state index contributed by atoms with van der Waals surface area (Å²) in [7, 11) is 0. The topological polar surface area (TPSA) is 51.2 Å². The van der Waals surface area contributed by atoms with Crippen LogP contribution in [0.4, 0.5) is 8.78 Å². The number of furan rings is 1. The van der Waals surface area contributed by atoms with Gasteiger partial charge in [-0.1, -0.05) is 11.6 Å². The van der Waals surface area contributed by atoms with E-state index < -0.39 is 12.5 Å². The minimum Gasteiger partial charge on any atom is -0.459 e. The first kappa shape index (κ1) is 11.0. The second-order valence-corrected chi connectivity index (χ2v) is 3.67. The molecule has 1 heterocycles. The molecule has 0 saturated carbocycles. The standard InChI is InChI=1S/C11H12F2N2O/c1-6-2-3-8-7(4-6)5-9(16-8)10(15-14)11(12)13/h2-5,10-11,15H,14H2,1H3. The van der Waals surface area contributed by atoms with Crippen LogP contribution in [-0.2, 0) is 0 Å². The third kappa shape index (κ3) is 1.91. The lowest BCUT2D eigenvalue weighted by molar-refractivity contribution is 0.0890. The van der Waals surface area contributed by atoms with Crippen molar-refractivity contribution in [3.8, 4) is 0 Å². The van der Waals surface area contributed by atoms with Gasteiger partial charge in [0.25, 0.3) is 6.43 Å². The Hall–Kier alpha value is -1.46. The van der Waals surface area contributed by atoms with Crippen LogP contribution in [0.1, 0.15) is 17.4 Å². The third-order valence-electron chi connectivity index (χ3n) is 2.43. The van der Waals surface area contributed by atoms with Gasteiger partial charge in [-0.3, -0.25) is 5.84 Å². The Morgan fingerprint density at radius 2 is 2.06 bits per heavy atom. The molecular weight excluding hydrogens is 214 g/mol. The minimum absolute atomic E-state index is 0.151. The lowest BCUT2D eigenvalue weighted by Crippen LogP contribution is -2.32. The molecule has 0 fully saturated rings. The normalized spacial score (nSPS) is 13.6. The summed E-state index contributed by atoms with van der Waals surface area (Å²) in [6, 6.07) is 5.81. The average molecular weight is 226 g/mol. The molecule has 86 valence electrons. The van der Waals surface area contributed by atoms with Gasteiger partial charge in [-0.05, 0) is 25.1 Å². The molecule has 2 rings (SSSR count). The van der Waals surface area contributed by atoms with E-state index in [1.54, 1.807) is 12.1 Å². The zero-order chi connectivity index (χ0) is 11.7. The van der Waals surface area contributed by atoms with Gasteiger partial charge < -0.3 is 4.42 Å². The fraction of sp³-hybridized carbons (Fsp3) is 0.273. The van der Waals surface area contributed by atoms with Crippen molar-refractivity contribution in [3.05, 3.63) is 35.6 Å². The summed E-state index contributed by atoms with van der Waals surface area (Å²) in [4.78, 5) is 0. The molecule has 1 atom stereocenters. The third-order valence-corrected chi connectivity index (χ3v) is 2.43. The summed E-state index contributed by atoms with van der Waals surface area (Å²) in [5.41, 5.74) is 3.68. The molecule has 0 radical (unpaired) electrons. The monoisotopic (exact) mass is 226 g/mol. The average Bonchev–Trinajstić information content (AvgIpc) is 2.60. The van der Waals surface area contributed by atoms with Gasteiger partial charge in [0.2, 0.25) is 0 Å². The second-order valence-electron chi connectivity index (χ2n) is 3.67. The van der Waals surface area contributed by atoms with Gasteiger partial charge in [-0.2, -0.15) is 0 Å². The molecule has 0 bridgehead atoms. The quantitative estimate of drug-likeness (QED) is 0.624. The van der Waals surface area contributed by atoms with Crippen LogP contribution in [0, 0.1) is 6.92 Å². The van der Waals surface area contributed by atoms with Gasteiger partial charge in [0.1, 0.15) is 17.4 Å². The van der Waals surface area contributed by atoms with E-state index in [0.29, 0.717) is 5.58 Å². The van der Waals surface area contributed by atoms with Gasteiger partial charge in [0.15, 0.2) is 0 Å². The van der Waals surface area contributed by atoms with E-state index in [2.05, 4.69) is 0 Å². The van der Waals surface area contributed by atoms with Crippen molar-refractivity contribution in [3.63, 3.8) is 0 Å². The number of fused-ring (bicyclic) bond motifs is 1. The molecule has 2 aromatic rings. The lowest BCUT2D eigenvalue weighted by atomic mass is 10.1. The van der Waals surface area contributed by atoms with Crippen molar-refractivity contribution in [2.24, 2.45) is 5.84 Å². The summed E-state index contributed by atoms with van der Waals surface area (Å²) in [5.74, 6) is 5.22. The molecule has 3 nitrogen and oxygen atoms in total. The van der Waals surface area contributed by atoms with Crippen LogP contribution in [0.2, 0.25) is 0 Å². The fourth-order valence-electron chi connectivity index (χ4n) is 1.62. The Morgan fingerprint density at radius 1 is 1.31 bits per heavy atom. The summed E-state index contributed by atoms with van der Waals surface area (Å²) in [6.07, 6.45) is -2.60. The maximum Gasteiger partial charge on any atom is 0.262 e. The van der Waals surface area contributed by atoms with Crippen molar-refractivity contribution in [2.75, 3.05) is 0 Å². The number of hydrogen-bond acceptors (Lipinski definition) is 3. The maximum absolute atomic E-state index is 12.6. The van der Waals surface area contributed by atoms with Gasteiger partial charge >= 0.3 is 0 Å². The molecule has 0 aliphatic heterocycles. The fourth-order valence-corrected chi connectivity index (χ4v) is 1.62. The van der Waals surface area contributed by atoms with Gasteiger partial charge in [-0.25, -0.2) is 14.2 Å². The van der Waals surface area contributed by atoms with E-state index in [1.165, 1.54) is 0 Å². The first-order valence-electron chi connectivity index (χ1n) is 4.86. The van der Waals surface area contributed by atoms with E-state index in [1.807, 2.05) is 24.5 Å². The van der Waals surface area contributed by atoms with E-state index in [4.69, 9.17) is 10.3 Å². The summed E-state index contributed by atoms with van der Waals surface area (Å²) in [5, 5.41) is 0.802. The largest absolute Gasteiger partial charge is 0.459 e. The number of nitrogens with one attached hydrogen (secondary N) is 1. The maximum atomic E-state index is 12.6. The number of nitrogens with two attached hydrogens (primary N) is 1. The van der Waals surface area contributed by atoms with E-state index in [-0.39, 0.29) is 5.76 Å². The van der Waals surface area contributed by atoms with Crippen LogP contribution in [0.15, 0.2) is 28.7 Å². The Bertz CT molecular complexity index is 496. The van der Waals surface area contributed by atoms with Crippen molar-refractivity contribution < 1.29 is 13.2 Å². The zero-order valence-corrected chi connectivity index (χ0v) is 8.71. The highest BCUT2D eigenvalue weighted by Crippen LogP contribution is 2.27. The number of alkyl halides is 2. The summed E-state index contributed by atoms with van der Waals surface area (Å²) >= 11 is 0. The molecule has 1 unspecified atom stereocenters. The molecule has 5 heteroatoms. The number of benzene rings is 1. The van der Waals surface area contributed by atoms with Gasteiger partial charge in [-0.15, -0.1) is 0 Å². The summed E-state index contributed by atoms with van der Waals surface area (Å²) in [6.45, 7) is 1.93. The Labute approximate surface area is 91.2 Å². The first-order valence-corrected chi connectivity index (χ1v) is 4.86. The van der Waals surface area contributed by atoms with Crippen molar-refractivity contribution in [1.29, 1.82) is 0 Å². The number of rotatable bonds is 3. The highest BCUT2D eigenvalue weighted by Gasteiger charge is 2.24. The van der Waals surface area contributed by atoms with Crippen molar-refractivity contribution in [1.82, 2.24) is 5.43 Å². The van der Waals surface area contributed by atoms with Gasteiger partial charge in [0.05, 0.1) is 0 Å². The molecule has 1 aromatic heterocycles. The molecule has 0 amide bonds. The van der Waals surface area contributed by atoms with E-state index in [9.17, 15) is 8.78 Å². The first-order chi connectivity index (χ1) is 7.61. The molecule has 0 aliphatic rings. The molecule has 3 N–H and O–H groups in total. The molecule has 0 aliphatic carbocycles. The number of hydrogen-bond donors (Lipinski definition) is 2. The highest BCUT2D eigenvalue weighted by atomic mass is 19.3. The second kappa shape index (κ2) is 4.19. The highest BCUT2D eigenvalue weighted by molar-refractivity contribution is 5.78. The summed E-state index contributed by atoms with van der Waals surface area (Å²) < 4.78 is 30.5. The van der Waals surface area contributed by atoms with Crippen LogP contribution < -0.4 is 11.3 Å². The molecule has 1 aromatic carbocycles. The zero-order valence-electron chi connectivity index (χ0n) is 8.71. The van der Waals surface area contributed by atoms with Crippen LogP contribution in [0.25, 0.3) is 11.0 Å². The van der Waals surface area contributed by atoms with Gasteiger partial charge in [0, 0.05) is 5.39 Å². The van der Waals surface area contributed by atoms with Crippen LogP contribution in [0.5, 0.6) is 0 Å². The number of hydrazine groups is 1. The van der Waals surface area contributed by atoms with Crippen LogP contribution >= 0.6 is 0 Å². The van der Waals surface area contributed by atoms with Crippen LogP contribution in [-0.4, -0.2) is 6.43 Å². The molecule has 16 heavy (non-hydrogen) atoms. The van der Waals surface area contributed by atoms with E-state index >= 15 is 0 Å². The Kier molecular flexibility index (Phi) is 2.89. The number of halogens is 2. The lowest BCUT2D eigenvalue weighted by Gasteiger charge is -2.10. The molecular formula is C11H12F2N2O. The Morgan fingerprint density at radius 3 is 2.69 bits per heavy atom. The van der Waals surface area contributed by atoms with E-state index in [0.717, 1.165) is 10.9 Å². The Balaban J connectivity index is 2.45. The van der Waals surface area contributed by atoms with Crippen molar-refractivity contribution in [2.45, 2.75) is 19.4 Å². The smallest absolute Gasteiger partial charge is 0.262 e. The SMILES string of the molecule is Cc1ccc2oc(C(NN)C(F)F)cc2c1. The van der Waals surface area contributed by atoms with Crippen molar-refractivity contribution >= 4 is 11.0 Å². The number of aryl methyl sites for hydroxylation is 1. The molecule has 0 spiro atoms. The predicted octanol–water partition coefficient (Wildman–Crippen LogP) is 2.51. The minimum atomic E-state index is -2.60.